The van der Waals surface area contributed by atoms with Crippen LogP contribution < -0.4 is 9.47 Å². The van der Waals surface area contributed by atoms with Crippen LogP contribution in [0.1, 0.15) is 16.7 Å². The first-order chi connectivity index (χ1) is 17.9. The van der Waals surface area contributed by atoms with Crippen LogP contribution in [0.5, 0.6) is 11.5 Å². The number of thioether (sulfide) groups is 1. The van der Waals surface area contributed by atoms with E-state index in [4.69, 9.17) is 9.47 Å². The van der Waals surface area contributed by atoms with Crippen LogP contribution in [0.4, 0.5) is 9.18 Å². The molecule has 2 amide bonds. The van der Waals surface area contributed by atoms with Gasteiger partial charge in [0.15, 0.2) is 11.5 Å². The fourth-order valence-corrected chi connectivity index (χ4v) is 5.53. The summed E-state index contributed by atoms with van der Waals surface area (Å²) in [5, 5.41) is 1.74. The summed E-state index contributed by atoms with van der Waals surface area (Å²) < 4.78 is 25.9. The number of imide groups is 1. The van der Waals surface area contributed by atoms with E-state index in [1.54, 1.807) is 36.4 Å². The lowest BCUT2D eigenvalue weighted by molar-refractivity contribution is -0.123. The van der Waals surface area contributed by atoms with Crippen molar-refractivity contribution in [2.75, 3.05) is 7.11 Å². The number of ether oxygens (including phenoxy) is 2. The van der Waals surface area contributed by atoms with Gasteiger partial charge in [0, 0.05) is 5.56 Å². The van der Waals surface area contributed by atoms with E-state index >= 15 is 0 Å². The third kappa shape index (κ3) is 5.26. The molecule has 1 aliphatic rings. The number of fused-ring (bicyclic) bond motifs is 1. The largest absolute Gasteiger partial charge is 0.493 e. The lowest BCUT2D eigenvalue weighted by atomic mass is 10.0. The maximum absolute atomic E-state index is 14.0. The van der Waals surface area contributed by atoms with Crippen molar-refractivity contribution in [3.8, 4) is 11.5 Å². The zero-order chi connectivity index (χ0) is 25.9. The predicted octanol–water partition coefficient (Wildman–Crippen LogP) is 7.57. The summed E-state index contributed by atoms with van der Waals surface area (Å²) in [7, 11) is 1.50. The maximum Gasteiger partial charge on any atom is 0.293 e. The Kier molecular flexibility index (Phi) is 7.30. The molecule has 0 atom stereocenters. The summed E-state index contributed by atoms with van der Waals surface area (Å²) in [6, 6.07) is 23.6. The molecule has 1 saturated heterocycles. The van der Waals surface area contributed by atoms with Crippen LogP contribution in [0.3, 0.4) is 0 Å². The third-order valence-electron chi connectivity index (χ3n) is 5.96. The SMILES string of the molecule is COc1cc(/C=C2/SC(=O)N(Cc3cccc4ccccc34)C2=O)cc(Br)c1OCc1ccccc1F. The quantitative estimate of drug-likeness (QED) is 0.212. The van der Waals surface area contributed by atoms with Gasteiger partial charge in [-0.05, 0) is 73.9 Å². The molecule has 0 radical (unpaired) electrons. The number of amides is 2. The van der Waals surface area contributed by atoms with E-state index in [1.165, 1.54) is 18.1 Å². The molecule has 4 aromatic carbocycles. The fraction of sp³-hybridized carbons (Fsp3) is 0.103. The van der Waals surface area contributed by atoms with Gasteiger partial charge in [-0.25, -0.2) is 4.39 Å². The Bertz CT molecular complexity index is 1550. The minimum atomic E-state index is -0.353. The molecule has 1 fully saturated rings. The number of hydrogen-bond donors (Lipinski definition) is 0. The molecule has 0 saturated carbocycles. The Hall–Kier alpha value is -3.62. The number of nitrogens with zero attached hydrogens (tertiary/aromatic N) is 1. The molecule has 0 aliphatic carbocycles. The predicted molar refractivity (Wildman–Crippen MR) is 147 cm³/mol. The van der Waals surface area contributed by atoms with Crippen molar-refractivity contribution in [3.05, 3.63) is 111 Å². The molecule has 0 N–H and O–H groups in total. The molecule has 0 spiro atoms. The Morgan fingerprint density at radius 1 is 0.973 bits per heavy atom. The molecule has 4 aromatic rings. The van der Waals surface area contributed by atoms with Crippen LogP contribution in [0.15, 0.2) is 88.2 Å². The average Bonchev–Trinajstić information content (AvgIpc) is 3.16. The van der Waals surface area contributed by atoms with Gasteiger partial charge in [-0.1, -0.05) is 60.7 Å². The van der Waals surface area contributed by atoms with Gasteiger partial charge in [-0.3, -0.25) is 14.5 Å². The van der Waals surface area contributed by atoms with Crippen LogP contribution in [0.2, 0.25) is 0 Å². The van der Waals surface area contributed by atoms with Crippen molar-refractivity contribution in [1.82, 2.24) is 4.90 Å². The highest BCUT2D eigenvalue weighted by Gasteiger charge is 2.35. The number of methoxy groups -OCH3 is 1. The van der Waals surface area contributed by atoms with E-state index in [0.717, 1.165) is 28.1 Å². The van der Waals surface area contributed by atoms with Crippen molar-refractivity contribution < 1.29 is 23.5 Å². The topological polar surface area (TPSA) is 55.8 Å². The first-order valence-electron chi connectivity index (χ1n) is 11.4. The van der Waals surface area contributed by atoms with Crippen LogP contribution in [0, 0.1) is 5.82 Å². The smallest absolute Gasteiger partial charge is 0.293 e. The third-order valence-corrected chi connectivity index (χ3v) is 7.46. The Morgan fingerprint density at radius 3 is 2.51 bits per heavy atom. The lowest BCUT2D eigenvalue weighted by Crippen LogP contribution is -2.27. The highest BCUT2D eigenvalue weighted by molar-refractivity contribution is 9.10. The van der Waals surface area contributed by atoms with Crippen LogP contribution >= 0.6 is 27.7 Å². The molecule has 186 valence electrons. The summed E-state index contributed by atoms with van der Waals surface area (Å²) in [4.78, 5) is 27.5. The number of halogens is 2. The molecule has 5 rings (SSSR count). The summed E-state index contributed by atoms with van der Waals surface area (Å²) in [6.07, 6.45) is 1.65. The number of rotatable bonds is 7. The monoisotopic (exact) mass is 577 g/mol. The highest BCUT2D eigenvalue weighted by atomic mass is 79.9. The van der Waals surface area contributed by atoms with Gasteiger partial charge >= 0.3 is 0 Å². The summed E-state index contributed by atoms with van der Waals surface area (Å²) in [6.45, 7) is 0.216. The van der Waals surface area contributed by atoms with Gasteiger partial charge < -0.3 is 9.47 Å². The minimum absolute atomic E-state index is 0.0219. The second-order valence-corrected chi connectivity index (χ2v) is 10.2. The van der Waals surface area contributed by atoms with Gasteiger partial charge in [0.05, 0.1) is 23.0 Å². The van der Waals surface area contributed by atoms with Crippen LogP contribution in [-0.2, 0) is 17.9 Å². The molecule has 5 nitrogen and oxygen atoms in total. The molecule has 37 heavy (non-hydrogen) atoms. The number of carbonyl (C=O) groups is 2. The minimum Gasteiger partial charge on any atom is -0.493 e. The van der Waals surface area contributed by atoms with Crippen LogP contribution in [-0.4, -0.2) is 23.2 Å². The van der Waals surface area contributed by atoms with E-state index in [0.29, 0.717) is 32.0 Å². The summed E-state index contributed by atoms with van der Waals surface area (Å²) in [5.74, 6) is 0.116. The molecule has 1 heterocycles. The van der Waals surface area contributed by atoms with E-state index in [1.807, 2.05) is 42.5 Å². The molecule has 8 heteroatoms. The maximum atomic E-state index is 14.0. The second kappa shape index (κ2) is 10.8. The number of carbonyl (C=O) groups excluding carboxylic acids is 2. The van der Waals surface area contributed by atoms with Gasteiger partial charge in [-0.2, -0.15) is 0 Å². The molecule has 0 bridgehead atoms. The highest BCUT2D eigenvalue weighted by Crippen LogP contribution is 2.40. The molecular formula is C29H21BrFNO4S. The lowest BCUT2D eigenvalue weighted by Gasteiger charge is -2.15. The van der Waals surface area contributed by atoms with Gasteiger partial charge in [0.2, 0.25) is 0 Å². The summed E-state index contributed by atoms with van der Waals surface area (Å²) >= 11 is 4.39. The Morgan fingerprint density at radius 2 is 1.70 bits per heavy atom. The first kappa shape index (κ1) is 25.0. The standard InChI is InChI=1S/C29H21BrFNO4S/c1-35-25-14-18(13-23(30)27(25)36-17-21-8-3-5-12-24(21)31)15-26-28(33)32(29(34)37-26)16-20-10-6-9-19-7-2-4-11-22(19)20/h2-15H,16-17H2,1H3/b26-15+. The zero-order valence-electron chi connectivity index (χ0n) is 19.7. The van der Waals surface area contributed by atoms with E-state index in [-0.39, 0.29) is 30.1 Å². The van der Waals surface area contributed by atoms with Crippen molar-refractivity contribution in [3.63, 3.8) is 0 Å². The van der Waals surface area contributed by atoms with Crippen molar-refractivity contribution >= 4 is 55.7 Å². The van der Waals surface area contributed by atoms with E-state index in [2.05, 4.69) is 15.9 Å². The second-order valence-electron chi connectivity index (χ2n) is 8.32. The summed E-state index contributed by atoms with van der Waals surface area (Å²) in [5.41, 5.74) is 1.97. The molecule has 0 unspecified atom stereocenters. The molecular weight excluding hydrogens is 557 g/mol. The van der Waals surface area contributed by atoms with Gasteiger partial charge in [0.1, 0.15) is 12.4 Å². The molecule has 0 aromatic heterocycles. The number of benzene rings is 4. The Balaban J connectivity index is 1.37. The first-order valence-corrected chi connectivity index (χ1v) is 13.0. The van der Waals surface area contributed by atoms with Crippen molar-refractivity contribution in [1.29, 1.82) is 0 Å². The number of hydrogen-bond acceptors (Lipinski definition) is 5. The average molecular weight is 578 g/mol. The van der Waals surface area contributed by atoms with E-state index in [9.17, 15) is 14.0 Å². The van der Waals surface area contributed by atoms with Crippen molar-refractivity contribution in [2.45, 2.75) is 13.2 Å². The fourth-order valence-electron chi connectivity index (χ4n) is 4.12. The van der Waals surface area contributed by atoms with Crippen LogP contribution in [0.25, 0.3) is 16.8 Å². The van der Waals surface area contributed by atoms with Gasteiger partial charge in [-0.15, -0.1) is 0 Å². The zero-order valence-corrected chi connectivity index (χ0v) is 22.1. The van der Waals surface area contributed by atoms with Crippen molar-refractivity contribution in [2.24, 2.45) is 0 Å². The van der Waals surface area contributed by atoms with Gasteiger partial charge in [0.25, 0.3) is 11.1 Å². The normalized spacial score (nSPS) is 14.6. The van der Waals surface area contributed by atoms with E-state index < -0.39 is 0 Å². The Labute approximate surface area is 226 Å². The molecule has 1 aliphatic heterocycles.